The van der Waals surface area contributed by atoms with Gasteiger partial charge in [-0.25, -0.2) is 0 Å². The molecule has 1 aliphatic rings. The summed E-state index contributed by atoms with van der Waals surface area (Å²) in [6.45, 7) is 1.24. The third-order valence-electron chi connectivity index (χ3n) is 3.31. The first-order valence-electron chi connectivity index (χ1n) is 6.51. The number of aliphatic carboxylic acids is 1. The second-order valence-electron chi connectivity index (χ2n) is 4.64. The van der Waals surface area contributed by atoms with Gasteiger partial charge in [0.1, 0.15) is 6.10 Å². The van der Waals surface area contributed by atoms with Crippen LogP contribution in [0, 0.1) is 0 Å². The van der Waals surface area contributed by atoms with Gasteiger partial charge >= 0.3 is 5.97 Å². The van der Waals surface area contributed by atoms with Crippen LogP contribution < -0.4 is 15.2 Å². The van der Waals surface area contributed by atoms with E-state index < -0.39 is 11.9 Å². The van der Waals surface area contributed by atoms with E-state index in [0.717, 1.165) is 6.42 Å². The molecule has 1 aliphatic heterocycles. The van der Waals surface area contributed by atoms with Crippen LogP contribution >= 0.6 is 0 Å². The summed E-state index contributed by atoms with van der Waals surface area (Å²) in [5.74, 6) is -0.599. The van der Waals surface area contributed by atoms with Crippen molar-refractivity contribution >= 4 is 5.97 Å². The summed E-state index contributed by atoms with van der Waals surface area (Å²) in [4.78, 5) is 11.2. The van der Waals surface area contributed by atoms with Gasteiger partial charge in [-0.2, -0.15) is 0 Å². The third-order valence-corrected chi connectivity index (χ3v) is 3.31. The zero-order valence-corrected chi connectivity index (χ0v) is 11.4. The molecule has 0 aliphatic carbocycles. The van der Waals surface area contributed by atoms with Gasteiger partial charge in [0.15, 0.2) is 11.5 Å². The average molecular weight is 281 g/mol. The second-order valence-corrected chi connectivity index (χ2v) is 4.64. The first kappa shape index (κ1) is 14.6. The Morgan fingerprint density at radius 1 is 1.55 bits per heavy atom. The van der Waals surface area contributed by atoms with Crippen molar-refractivity contribution in [1.29, 1.82) is 0 Å². The van der Waals surface area contributed by atoms with E-state index in [1.807, 2.05) is 0 Å². The minimum atomic E-state index is -0.951. The van der Waals surface area contributed by atoms with Crippen LogP contribution in [0.3, 0.4) is 0 Å². The number of carbonyl (C=O) groups is 1. The van der Waals surface area contributed by atoms with Crippen LogP contribution in [0.5, 0.6) is 11.5 Å². The largest absolute Gasteiger partial charge is 0.493 e. The molecule has 20 heavy (non-hydrogen) atoms. The SMILES string of the molecule is COc1ccc(C(CN)C(=O)O)cc1OC1CCOC1. The number of carboxylic acids is 1. The van der Waals surface area contributed by atoms with Crippen LogP contribution in [0.1, 0.15) is 17.9 Å². The van der Waals surface area contributed by atoms with Crippen molar-refractivity contribution in [3.63, 3.8) is 0 Å². The maximum Gasteiger partial charge on any atom is 0.312 e. The normalized spacial score (nSPS) is 19.6. The lowest BCUT2D eigenvalue weighted by atomic mass is 9.99. The van der Waals surface area contributed by atoms with E-state index in [0.29, 0.717) is 30.3 Å². The second kappa shape index (κ2) is 6.58. The van der Waals surface area contributed by atoms with E-state index in [1.165, 1.54) is 0 Å². The van der Waals surface area contributed by atoms with Crippen LogP contribution in [0.2, 0.25) is 0 Å². The van der Waals surface area contributed by atoms with Gasteiger partial charge < -0.3 is 25.1 Å². The quantitative estimate of drug-likeness (QED) is 0.808. The number of benzene rings is 1. The molecule has 110 valence electrons. The van der Waals surface area contributed by atoms with Gasteiger partial charge in [-0.1, -0.05) is 6.07 Å². The van der Waals surface area contributed by atoms with E-state index in [9.17, 15) is 4.79 Å². The van der Waals surface area contributed by atoms with E-state index in [1.54, 1.807) is 25.3 Å². The highest BCUT2D eigenvalue weighted by Crippen LogP contribution is 2.32. The van der Waals surface area contributed by atoms with E-state index in [4.69, 9.17) is 25.1 Å². The highest BCUT2D eigenvalue weighted by molar-refractivity contribution is 5.76. The van der Waals surface area contributed by atoms with Crippen molar-refractivity contribution < 1.29 is 24.1 Å². The Bertz CT molecular complexity index is 471. The topological polar surface area (TPSA) is 91.0 Å². The Morgan fingerprint density at radius 3 is 2.90 bits per heavy atom. The summed E-state index contributed by atoms with van der Waals surface area (Å²) in [6.07, 6.45) is 0.785. The van der Waals surface area contributed by atoms with Crippen LogP contribution in [-0.2, 0) is 9.53 Å². The number of methoxy groups -OCH3 is 1. The molecule has 1 aromatic rings. The number of ether oxygens (including phenoxy) is 3. The number of rotatable bonds is 6. The molecule has 6 nitrogen and oxygen atoms in total. The van der Waals surface area contributed by atoms with E-state index in [-0.39, 0.29) is 12.6 Å². The zero-order chi connectivity index (χ0) is 14.5. The van der Waals surface area contributed by atoms with Crippen LogP contribution in [0.15, 0.2) is 18.2 Å². The summed E-state index contributed by atoms with van der Waals surface area (Å²) in [5.41, 5.74) is 6.12. The predicted octanol–water partition coefficient (Wildman–Crippen LogP) is 0.990. The highest BCUT2D eigenvalue weighted by Gasteiger charge is 2.22. The van der Waals surface area contributed by atoms with Crippen LogP contribution in [0.25, 0.3) is 0 Å². The smallest absolute Gasteiger partial charge is 0.312 e. The summed E-state index contributed by atoms with van der Waals surface area (Å²) in [6, 6.07) is 5.08. The van der Waals surface area contributed by atoms with Gasteiger partial charge in [-0.15, -0.1) is 0 Å². The Hall–Kier alpha value is -1.79. The van der Waals surface area contributed by atoms with Crippen molar-refractivity contribution in [1.82, 2.24) is 0 Å². The standard InChI is InChI=1S/C14H19NO5/c1-18-12-3-2-9(11(7-15)14(16)17)6-13(12)20-10-4-5-19-8-10/h2-3,6,10-11H,4-5,7-8,15H2,1H3,(H,16,17). The molecule has 0 radical (unpaired) electrons. The first-order chi connectivity index (χ1) is 9.65. The number of nitrogens with two attached hydrogens (primary N) is 1. The fraction of sp³-hybridized carbons (Fsp3) is 0.500. The summed E-state index contributed by atoms with van der Waals surface area (Å²) in [7, 11) is 1.55. The van der Waals surface area contributed by atoms with E-state index in [2.05, 4.69) is 0 Å². The maximum atomic E-state index is 11.2. The highest BCUT2D eigenvalue weighted by atomic mass is 16.6. The molecular weight excluding hydrogens is 262 g/mol. The van der Waals surface area contributed by atoms with Crippen molar-refractivity contribution in [2.75, 3.05) is 26.9 Å². The van der Waals surface area contributed by atoms with Crippen molar-refractivity contribution in [2.24, 2.45) is 5.73 Å². The molecule has 0 aromatic heterocycles. The third kappa shape index (κ3) is 3.20. The molecule has 6 heteroatoms. The monoisotopic (exact) mass is 281 g/mol. The van der Waals surface area contributed by atoms with Gasteiger partial charge in [-0.05, 0) is 17.7 Å². The lowest BCUT2D eigenvalue weighted by Crippen LogP contribution is -2.21. The predicted molar refractivity (Wildman–Crippen MR) is 72.3 cm³/mol. The lowest BCUT2D eigenvalue weighted by Gasteiger charge is -2.17. The molecule has 0 spiro atoms. The Balaban J connectivity index is 2.25. The van der Waals surface area contributed by atoms with Crippen molar-refractivity contribution in [3.05, 3.63) is 23.8 Å². The van der Waals surface area contributed by atoms with Gasteiger partial charge in [-0.3, -0.25) is 4.79 Å². The fourth-order valence-electron chi connectivity index (χ4n) is 2.17. The van der Waals surface area contributed by atoms with Crippen molar-refractivity contribution in [3.8, 4) is 11.5 Å². The van der Waals surface area contributed by atoms with Gasteiger partial charge in [0.05, 0.1) is 26.2 Å². The minimum Gasteiger partial charge on any atom is -0.493 e. The molecule has 1 saturated heterocycles. The molecule has 3 N–H and O–H groups in total. The molecule has 2 atom stereocenters. The maximum absolute atomic E-state index is 11.2. The van der Waals surface area contributed by atoms with Gasteiger partial charge in [0.25, 0.3) is 0 Å². The Kier molecular flexibility index (Phi) is 4.81. The fourth-order valence-corrected chi connectivity index (χ4v) is 2.17. The molecule has 2 rings (SSSR count). The average Bonchev–Trinajstić information content (AvgIpc) is 2.92. The summed E-state index contributed by atoms with van der Waals surface area (Å²) >= 11 is 0. The Morgan fingerprint density at radius 2 is 2.35 bits per heavy atom. The minimum absolute atomic E-state index is 0.0275. The number of hydrogen-bond donors (Lipinski definition) is 2. The molecule has 2 unspecified atom stereocenters. The van der Waals surface area contributed by atoms with Gasteiger partial charge in [0, 0.05) is 13.0 Å². The zero-order valence-electron chi connectivity index (χ0n) is 11.4. The molecular formula is C14H19NO5. The van der Waals surface area contributed by atoms with Crippen LogP contribution in [0.4, 0.5) is 0 Å². The Labute approximate surface area is 117 Å². The molecule has 1 aromatic carbocycles. The number of carboxylic acid groups (broad SMARTS) is 1. The first-order valence-corrected chi connectivity index (χ1v) is 6.51. The lowest BCUT2D eigenvalue weighted by molar-refractivity contribution is -0.138. The molecule has 0 bridgehead atoms. The molecule has 0 saturated carbocycles. The molecule has 1 fully saturated rings. The van der Waals surface area contributed by atoms with Gasteiger partial charge in [0.2, 0.25) is 0 Å². The molecule has 0 amide bonds. The van der Waals surface area contributed by atoms with Crippen LogP contribution in [-0.4, -0.2) is 44.0 Å². The van der Waals surface area contributed by atoms with Crippen molar-refractivity contribution in [2.45, 2.75) is 18.4 Å². The molecule has 1 heterocycles. The number of hydrogen-bond acceptors (Lipinski definition) is 5. The van der Waals surface area contributed by atoms with E-state index >= 15 is 0 Å². The summed E-state index contributed by atoms with van der Waals surface area (Å²) in [5, 5.41) is 9.16. The summed E-state index contributed by atoms with van der Waals surface area (Å²) < 4.78 is 16.3.